The zero-order chi connectivity index (χ0) is 24.3. The van der Waals surface area contributed by atoms with E-state index in [2.05, 4.69) is 15.0 Å². The Kier molecular flexibility index (Phi) is 7.13. The maximum absolute atomic E-state index is 13.1. The van der Waals surface area contributed by atoms with Gasteiger partial charge in [-0.1, -0.05) is 12.1 Å². The Morgan fingerprint density at radius 1 is 1.06 bits per heavy atom. The molecule has 1 amide bonds. The number of sulfonamides is 1. The van der Waals surface area contributed by atoms with E-state index in [4.69, 9.17) is 0 Å². The predicted molar refractivity (Wildman–Crippen MR) is 127 cm³/mol. The van der Waals surface area contributed by atoms with Gasteiger partial charge < -0.3 is 9.88 Å². The molecule has 0 spiro atoms. The molecule has 0 radical (unpaired) electrons. The van der Waals surface area contributed by atoms with Gasteiger partial charge in [0, 0.05) is 23.8 Å². The topological polar surface area (TPSA) is 93.1 Å². The molecule has 9 heteroatoms. The Hall–Kier alpha value is -3.04. The number of amides is 1. The number of imidazole rings is 1. The molecule has 1 saturated carbocycles. The summed E-state index contributed by atoms with van der Waals surface area (Å²) in [5.74, 6) is -0.530. The smallest absolute Gasteiger partial charge is 0.240 e. The first-order valence-corrected chi connectivity index (χ1v) is 12.9. The fraction of sp³-hybridized carbons (Fsp3) is 0.360. The molecule has 180 valence electrons. The average molecular weight is 485 g/mol. The van der Waals surface area contributed by atoms with Gasteiger partial charge in [-0.05, 0) is 81.5 Å². The van der Waals surface area contributed by atoms with Gasteiger partial charge in [0.1, 0.15) is 5.82 Å². The molecule has 0 saturated heterocycles. The lowest BCUT2D eigenvalue weighted by atomic mass is 9.85. The highest BCUT2D eigenvalue weighted by atomic mass is 32.2. The molecule has 7 nitrogen and oxygen atoms in total. The molecule has 0 unspecified atom stereocenters. The highest BCUT2D eigenvalue weighted by Gasteiger charge is 2.29. The van der Waals surface area contributed by atoms with Crippen molar-refractivity contribution >= 4 is 15.9 Å². The van der Waals surface area contributed by atoms with Gasteiger partial charge in [-0.15, -0.1) is 0 Å². The molecule has 34 heavy (non-hydrogen) atoms. The number of nitrogens with one attached hydrogen (secondary N) is 2. The predicted octanol–water partition coefficient (Wildman–Crippen LogP) is 4.03. The molecule has 0 aliphatic heterocycles. The lowest BCUT2D eigenvalue weighted by Gasteiger charge is -2.29. The molecule has 1 aromatic heterocycles. The highest BCUT2D eigenvalue weighted by Crippen LogP contribution is 2.27. The van der Waals surface area contributed by atoms with E-state index in [1.807, 2.05) is 24.6 Å². The normalized spacial score (nSPS) is 19.5. The van der Waals surface area contributed by atoms with E-state index in [0.29, 0.717) is 25.7 Å². The Morgan fingerprint density at radius 3 is 2.29 bits per heavy atom. The Balaban J connectivity index is 1.29. The maximum Gasteiger partial charge on any atom is 0.240 e. The van der Waals surface area contributed by atoms with Crippen molar-refractivity contribution in [1.82, 2.24) is 19.6 Å². The van der Waals surface area contributed by atoms with Gasteiger partial charge in [0.25, 0.3) is 0 Å². The lowest BCUT2D eigenvalue weighted by molar-refractivity contribution is -0.126. The van der Waals surface area contributed by atoms with Crippen LogP contribution in [0.25, 0.3) is 5.69 Å². The second kappa shape index (κ2) is 10.1. The van der Waals surface area contributed by atoms with Crippen LogP contribution in [-0.4, -0.2) is 29.9 Å². The third-order valence-electron chi connectivity index (χ3n) is 6.31. The quantitative estimate of drug-likeness (QED) is 0.530. The minimum Gasteiger partial charge on any atom is -0.349 e. The fourth-order valence-electron chi connectivity index (χ4n) is 4.29. The van der Waals surface area contributed by atoms with Crippen LogP contribution in [0, 0.1) is 18.7 Å². The van der Waals surface area contributed by atoms with Crippen molar-refractivity contribution in [2.45, 2.75) is 56.5 Å². The molecule has 1 heterocycles. The summed E-state index contributed by atoms with van der Waals surface area (Å²) in [6.07, 6.45) is 5.95. The van der Waals surface area contributed by atoms with E-state index in [1.165, 1.54) is 12.1 Å². The van der Waals surface area contributed by atoms with Crippen molar-refractivity contribution in [3.63, 3.8) is 0 Å². The van der Waals surface area contributed by atoms with Gasteiger partial charge in [0.15, 0.2) is 0 Å². The number of aromatic nitrogens is 2. The van der Waals surface area contributed by atoms with Gasteiger partial charge in [-0.2, -0.15) is 0 Å². The van der Waals surface area contributed by atoms with Crippen molar-refractivity contribution in [1.29, 1.82) is 0 Å². The molecule has 2 aromatic carbocycles. The standard InChI is InChI=1S/C25H29FN4O3S/c1-17-15-30(16-27-17)23-11-13-24(14-12-23)34(32,33)29-22-9-5-20(6-10-22)25(31)28-18(2)19-3-7-21(26)8-4-19/h3-4,7-8,11-16,18,20,22,29H,5-6,9-10H2,1-2H3,(H,28,31)/t18-,20?,22?/m1/s1. The maximum atomic E-state index is 13.1. The molecule has 1 fully saturated rings. The number of halogens is 1. The van der Waals surface area contributed by atoms with E-state index in [9.17, 15) is 17.6 Å². The summed E-state index contributed by atoms with van der Waals surface area (Å²) in [4.78, 5) is 17.1. The van der Waals surface area contributed by atoms with Crippen molar-refractivity contribution in [3.8, 4) is 5.69 Å². The Bertz CT molecular complexity index is 1230. The van der Waals surface area contributed by atoms with E-state index in [-0.39, 0.29) is 34.6 Å². The molecular weight excluding hydrogens is 455 g/mol. The molecule has 4 rings (SSSR count). The second-order valence-electron chi connectivity index (χ2n) is 8.87. The third kappa shape index (κ3) is 5.71. The summed E-state index contributed by atoms with van der Waals surface area (Å²) in [6, 6.07) is 12.3. The number of nitrogens with zero attached hydrogens (tertiary/aromatic N) is 2. The number of hydrogen-bond acceptors (Lipinski definition) is 4. The highest BCUT2D eigenvalue weighted by molar-refractivity contribution is 7.89. The van der Waals surface area contributed by atoms with E-state index in [0.717, 1.165) is 16.9 Å². The van der Waals surface area contributed by atoms with Gasteiger partial charge >= 0.3 is 0 Å². The first-order chi connectivity index (χ1) is 16.2. The van der Waals surface area contributed by atoms with Crippen molar-refractivity contribution < 1.29 is 17.6 Å². The minimum absolute atomic E-state index is 0.0524. The van der Waals surface area contributed by atoms with Crippen LogP contribution in [0.4, 0.5) is 4.39 Å². The lowest BCUT2D eigenvalue weighted by Crippen LogP contribution is -2.41. The summed E-state index contributed by atoms with van der Waals surface area (Å²) >= 11 is 0. The van der Waals surface area contributed by atoms with Crippen molar-refractivity contribution in [3.05, 3.63) is 78.1 Å². The summed E-state index contributed by atoms with van der Waals surface area (Å²) in [7, 11) is -3.66. The van der Waals surface area contributed by atoms with E-state index >= 15 is 0 Å². The largest absolute Gasteiger partial charge is 0.349 e. The number of benzene rings is 2. The molecule has 1 aliphatic rings. The second-order valence-corrected chi connectivity index (χ2v) is 10.6. The Morgan fingerprint density at radius 2 is 1.71 bits per heavy atom. The number of rotatable bonds is 7. The van der Waals surface area contributed by atoms with Crippen molar-refractivity contribution in [2.75, 3.05) is 0 Å². The van der Waals surface area contributed by atoms with Gasteiger partial charge in [0.05, 0.1) is 23.0 Å². The summed E-state index contributed by atoms with van der Waals surface area (Å²) in [5, 5.41) is 2.99. The van der Waals surface area contributed by atoms with Gasteiger partial charge in [-0.25, -0.2) is 22.5 Å². The zero-order valence-corrected chi connectivity index (χ0v) is 20.1. The monoisotopic (exact) mass is 484 g/mol. The first kappa shape index (κ1) is 24.1. The van der Waals surface area contributed by atoms with Crippen LogP contribution in [0.3, 0.4) is 0 Å². The van der Waals surface area contributed by atoms with Crippen LogP contribution in [0.2, 0.25) is 0 Å². The number of hydrogen-bond donors (Lipinski definition) is 2. The van der Waals surface area contributed by atoms with Crippen LogP contribution in [0.5, 0.6) is 0 Å². The number of aryl methyl sites for hydroxylation is 1. The third-order valence-corrected chi connectivity index (χ3v) is 7.84. The first-order valence-electron chi connectivity index (χ1n) is 11.4. The molecule has 3 aromatic rings. The van der Waals surface area contributed by atoms with Gasteiger partial charge in [0.2, 0.25) is 15.9 Å². The average Bonchev–Trinajstić information content (AvgIpc) is 3.26. The van der Waals surface area contributed by atoms with E-state index in [1.54, 1.807) is 42.7 Å². The molecule has 2 N–H and O–H groups in total. The Labute approximate surface area is 199 Å². The fourth-order valence-corrected chi connectivity index (χ4v) is 5.59. The van der Waals surface area contributed by atoms with Crippen molar-refractivity contribution in [2.24, 2.45) is 5.92 Å². The summed E-state index contributed by atoms with van der Waals surface area (Å²) < 4.78 is 43.5. The van der Waals surface area contributed by atoms with E-state index < -0.39 is 10.0 Å². The summed E-state index contributed by atoms with van der Waals surface area (Å²) in [5.41, 5.74) is 2.55. The van der Waals surface area contributed by atoms with Crippen LogP contribution in [0.1, 0.15) is 49.9 Å². The number of carbonyl (C=O) groups excluding carboxylic acids is 1. The summed E-state index contributed by atoms with van der Waals surface area (Å²) in [6.45, 7) is 3.76. The van der Waals surface area contributed by atoms with Gasteiger partial charge in [-0.3, -0.25) is 4.79 Å². The minimum atomic E-state index is -3.66. The van der Waals surface area contributed by atoms with Crippen LogP contribution >= 0.6 is 0 Å². The molecule has 1 aliphatic carbocycles. The van der Waals surface area contributed by atoms with Crippen LogP contribution in [-0.2, 0) is 14.8 Å². The molecule has 1 atom stereocenters. The molecular formula is C25H29FN4O3S. The van der Waals surface area contributed by atoms with Crippen LogP contribution in [0.15, 0.2) is 66.0 Å². The van der Waals surface area contributed by atoms with Crippen LogP contribution < -0.4 is 10.0 Å². The molecule has 0 bridgehead atoms. The number of carbonyl (C=O) groups is 1. The SMILES string of the molecule is Cc1cn(-c2ccc(S(=O)(=O)NC3CCC(C(=O)N[C@H](C)c4ccc(F)cc4)CC3)cc2)cn1. The zero-order valence-electron chi connectivity index (χ0n) is 19.2.